The van der Waals surface area contributed by atoms with Crippen molar-refractivity contribution in [2.24, 2.45) is 4.40 Å². The molecule has 2 nitrogen and oxygen atoms in total. The van der Waals surface area contributed by atoms with Gasteiger partial charge in [-0.15, -0.1) is 0 Å². The summed E-state index contributed by atoms with van der Waals surface area (Å²) in [7, 11) is 0. The fourth-order valence-electron chi connectivity index (χ4n) is 0.956. The van der Waals surface area contributed by atoms with Gasteiger partial charge in [-0.3, -0.25) is 0 Å². The van der Waals surface area contributed by atoms with E-state index in [0.29, 0.717) is 0 Å². The van der Waals surface area contributed by atoms with E-state index in [1.165, 1.54) is 9.13 Å². The van der Waals surface area contributed by atoms with Crippen LogP contribution in [-0.2, 0) is 11.4 Å². The predicted octanol–water partition coefficient (Wildman–Crippen LogP) is 3.48. The number of hydrogen-bond acceptors (Lipinski definition) is 2. The molecule has 88 valence electrons. The summed E-state index contributed by atoms with van der Waals surface area (Å²) in [4.78, 5) is 0. The van der Waals surface area contributed by atoms with Crippen molar-refractivity contribution in [3.8, 4) is 0 Å². The Bertz CT molecular complexity index is 398. The first kappa shape index (κ1) is 14.0. The molecular weight excluding hydrogens is 333 g/mol. The number of aryl methyl sites for hydroxylation is 1. The Morgan fingerprint density at radius 3 is 2.50 bits per heavy atom. The fourth-order valence-corrected chi connectivity index (χ4v) is 2.03. The van der Waals surface area contributed by atoms with Crippen LogP contribution >= 0.6 is 22.6 Å². The van der Waals surface area contributed by atoms with Crippen molar-refractivity contribution in [2.45, 2.75) is 32.4 Å². The van der Waals surface area contributed by atoms with Gasteiger partial charge in [0, 0.05) is 3.57 Å². The van der Waals surface area contributed by atoms with E-state index in [1.807, 2.05) is 39.0 Å². The van der Waals surface area contributed by atoms with Crippen molar-refractivity contribution < 1.29 is 4.55 Å². The van der Waals surface area contributed by atoms with Crippen molar-refractivity contribution in [1.29, 1.82) is 0 Å². The second kappa shape index (κ2) is 5.51. The normalized spacial score (nSPS) is 14.4. The lowest BCUT2D eigenvalue weighted by molar-refractivity contribution is 0.562. The standard InChI is InChI=1S/C12H16INOS/c1-9-5-6-10(7-11(9)13)8-14-16(15)12(2,3)4/h5-8H,1-4H3/b14-8+/t16-/m0/s1. The van der Waals surface area contributed by atoms with E-state index in [9.17, 15) is 4.55 Å². The van der Waals surface area contributed by atoms with Gasteiger partial charge in [-0.25, -0.2) is 0 Å². The smallest absolute Gasteiger partial charge is 0.144 e. The number of benzene rings is 1. The second-order valence-electron chi connectivity index (χ2n) is 4.60. The van der Waals surface area contributed by atoms with Gasteiger partial charge in [0.15, 0.2) is 0 Å². The summed E-state index contributed by atoms with van der Waals surface area (Å²) in [5.41, 5.74) is 2.24. The topological polar surface area (TPSA) is 35.4 Å². The van der Waals surface area contributed by atoms with Gasteiger partial charge in [0.25, 0.3) is 0 Å². The Morgan fingerprint density at radius 1 is 1.38 bits per heavy atom. The van der Waals surface area contributed by atoms with E-state index in [2.05, 4.69) is 33.9 Å². The molecule has 0 aromatic heterocycles. The molecule has 0 saturated heterocycles. The summed E-state index contributed by atoms with van der Waals surface area (Å²) in [6, 6.07) is 6.07. The summed E-state index contributed by atoms with van der Waals surface area (Å²) in [6.45, 7) is 7.81. The molecule has 0 saturated carbocycles. The predicted molar refractivity (Wildman–Crippen MR) is 79.4 cm³/mol. The van der Waals surface area contributed by atoms with E-state index in [1.54, 1.807) is 6.21 Å². The maximum Gasteiger partial charge on any atom is 0.144 e. The first-order chi connectivity index (χ1) is 7.30. The molecule has 0 spiro atoms. The summed E-state index contributed by atoms with van der Waals surface area (Å²) in [5.74, 6) is 0. The minimum absolute atomic E-state index is 0.297. The molecule has 0 heterocycles. The Balaban J connectivity index is 2.81. The van der Waals surface area contributed by atoms with E-state index in [0.717, 1.165) is 5.56 Å². The molecule has 0 N–H and O–H groups in total. The van der Waals surface area contributed by atoms with Crippen LogP contribution < -0.4 is 0 Å². The third-order valence-electron chi connectivity index (χ3n) is 2.02. The van der Waals surface area contributed by atoms with Crippen LogP contribution in [0.4, 0.5) is 0 Å². The van der Waals surface area contributed by atoms with Crippen LogP contribution in [0.3, 0.4) is 0 Å². The average molecular weight is 349 g/mol. The van der Waals surface area contributed by atoms with Crippen LogP contribution in [0.15, 0.2) is 22.6 Å². The number of hydrogen-bond donors (Lipinski definition) is 0. The van der Waals surface area contributed by atoms with Gasteiger partial charge in [-0.2, -0.15) is 0 Å². The number of rotatable bonds is 2. The van der Waals surface area contributed by atoms with Crippen molar-refractivity contribution in [1.82, 2.24) is 0 Å². The molecule has 1 aromatic rings. The van der Waals surface area contributed by atoms with E-state index >= 15 is 0 Å². The van der Waals surface area contributed by atoms with Crippen LogP contribution in [0.2, 0.25) is 0 Å². The molecule has 0 unspecified atom stereocenters. The SMILES string of the molecule is Cc1ccc(/C=N/[S@@+]([O-])C(C)(C)C)cc1I. The van der Waals surface area contributed by atoms with Gasteiger partial charge in [0.05, 0.1) is 6.21 Å². The van der Waals surface area contributed by atoms with Gasteiger partial charge in [0.2, 0.25) is 0 Å². The average Bonchev–Trinajstić information content (AvgIpc) is 2.18. The Kier molecular flexibility index (Phi) is 4.82. The van der Waals surface area contributed by atoms with Crippen molar-refractivity contribution >= 4 is 40.2 Å². The highest BCUT2D eigenvalue weighted by Gasteiger charge is 2.25. The largest absolute Gasteiger partial charge is 0.591 e. The van der Waals surface area contributed by atoms with Crippen LogP contribution in [0.25, 0.3) is 0 Å². The Morgan fingerprint density at radius 2 is 2.00 bits per heavy atom. The monoisotopic (exact) mass is 349 g/mol. The van der Waals surface area contributed by atoms with Crippen molar-refractivity contribution in [2.75, 3.05) is 0 Å². The number of nitrogens with zero attached hydrogens (tertiary/aromatic N) is 1. The molecule has 0 amide bonds. The lowest BCUT2D eigenvalue weighted by Crippen LogP contribution is -2.25. The molecule has 1 atom stereocenters. The quantitative estimate of drug-likeness (QED) is 0.457. The zero-order valence-corrected chi connectivity index (χ0v) is 12.9. The lowest BCUT2D eigenvalue weighted by atomic mass is 10.2. The lowest BCUT2D eigenvalue weighted by Gasteiger charge is -2.17. The minimum Gasteiger partial charge on any atom is -0.591 e. The maximum atomic E-state index is 11.7. The highest BCUT2D eigenvalue weighted by molar-refractivity contribution is 14.1. The molecule has 0 aliphatic heterocycles. The molecule has 16 heavy (non-hydrogen) atoms. The molecule has 4 heteroatoms. The highest BCUT2D eigenvalue weighted by Crippen LogP contribution is 2.17. The third-order valence-corrected chi connectivity index (χ3v) is 4.52. The molecule has 0 aliphatic rings. The zero-order valence-electron chi connectivity index (χ0n) is 9.95. The minimum atomic E-state index is -1.18. The van der Waals surface area contributed by atoms with Gasteiger partial charge < -0.3 is 4.55 Å². The Labute approximate surface area is 114 Å². The second-order valence-corrected chi connectivity index (χ2v) is 7.70. The zero-order chi connectivity index (χ0) is 12.3. The summed E-state index contributed by atoms with van der Waals surface area (Å²) < 4.78 is 16.7. The van der Waals surface area contributed by atoms with Crippen LogP contribution in [0, 0.1) is 10.5 Å². The van der Waals surface area contributed by atoms with Crippen LogP contribution in [-0.4, -0.2) is 15.5 Å². The summed E-state index contributed by atoms with van der Waals surface area (Å²) >= 11 is 1.10. The molecular formula is C12H16INOS. The van der Waals surface area contributed by atoms with Crippen LogP contribution in [0.1, 0.15) is 31.9 Å². The first-order valence-electron chi connectivity index (χ1n) is 5.03. The van der Waals surface area contributed by atoms with E-state index < -0.39 is 11.4 Å². The van der Waals surface area contributed by atoms with Gasteiger partial charge in [0.1, 0.15) is 16.1 Å². The van der Waals surface area contributed by atoms with Crippen molar-refractivity contribution in [3.63, 3.8) is 0 Å². The van der Waals surface area contributed by atoms with E-state index in [4.69, 9.17) is 0 Å². The van der Waals surface area contributed by atoms with Gasteiger partial charge in [-0.1, -0.05) is 16.5 Å². The van der Waals surface area contributed by atoms with E-state index in [-0.39, 0.29) is 4.75 Å². The summed E-state index contributed by atoms with van der Waals surface area (Å²) in [6.07, 6.45) is 1.68. The molecule has 0 fully saturated rings. The number of halogens is 1. The Hall–Kier alpha value is -0.0700. The molecule has 0 aliphatic carbocycles. The molecule has 0 radical (unpaired) electrons. The van der Waals surface area contributed by atoms with Gasteiger partial charge in [-0.05, 0) is 67.5 Å². The summed E-state index contributed by atoms with van der Waals surface area (Å²) in [5, 5.41) is 0. The molecule has 1 rings (SSSR count). The molecule has 1 aromatic carbocycles. The van der Waals surface area contributed by atoms with Crippen molar-refractivity contribution in [3.05, 3.63) is 32.9 Å². The first-order valence-corrected chi connectivity index (χ1v) is 7.21. The third kappa shape index (κ3) is 4.07. The fraction of sp³-hybridized carbons (Fsp3) is 0.417. The maximum absolute atomic E-state index is 11.7. The van der Waals surface area contributed by atoms with Gasteiger partial charge >= 0.3 is 0 Å². The van der Waals surface area contributed by atoms with Crippen LogP contribution in [0.5, 0.6) is 0 Å². The highest BCUT2D eigenvalue weighted by atomic mass is 127. The molecule has 0 bridgehead atoms.